The number of nitrogens with zero attached hydrogens (tertiary/aromatic N) is 1. The third-order valence-electron chi connectivity index (χ3n) is 4.93. The van der Waals surface area contributed by atoms with Crippen LogP contribution in [-0.4, -0.2) is 27.4 Å². The summed E-state index contributed by atoms with van der Waals surface area (Å²) < 4.78 is 15.0. The van der Waals surface area contributed by atoms with E-state index in [0.29, 0.717) is 10.9 Å². The second-order valence-corrected chi connectivity index (χ2v) is 8.22. The van der Waals surface area contributed by atoms with Gasteiger partial charge < -0.3 is 5.73 Å². The molecule has 8 heteroatoms. The van der Waals surface area contributed by atoms with Crippen molar-refractivity contribution >= 4 is 50.0 Å². The van der Waals surface area contributed by atoms with Gasteiger partial charge in [0, 0.05) is 21.0 Å². The van der Waals surface area contributed by atoms with Crippen LogP contribution in [0.15, 0.2) is 57.2 Å². The van der Waals surface area contributed by atoms with Gasteiger partial charge in [0.15, 0.2) is 5.78 Å². The average Bonchev–Trinajstić information content (AvgIpc) is 3.27. The highest BCUT2D eigenvalue weighted by Crippen LogP contribution is 2.55. The summed E-state index contributed by atoms with van der Waals surface area (Å²) in [7, 11) is 0. The van der Waals surface area contributed by atoms with Gasteiger partial charge in [0.2, 0.25) is 0 Å². The van der Waals surface area contributed by atoms with Gasteiger partial charge in [0.05, 0.1) is 18.4 Å². The first-order valence-corrected chi connectivity index (χ1v) is 9.57. The van der Waals surface area contributed by atoms with Gasteiger partial charge in [-0.25, -0.2) is 4.39 Å². The first-order valence-electron chi connectivity index (χ1n) is 7.90. The van der Waals surface area contributed by atoms with Crippen LogP contribution in [0.5, 0.6) is 0 Å². The zero-order chi connectivity index (χ0) is 18.1. The highest BCUT2D eigenvalue weighted by molar-refractivity contribution is 9.12. The number of halogens is 2. The molecule has 0 fully saturated rings. The van der Waals surface area contributed by atoms with Crippen molar-refractivity contribution in [2.24, 2.45) is 5.73 Å². The molecule has 4 N–H and O–H groups in total. The Hall–Kier alpha value is -2.16. The molecule has 0 saturated carbocycles. The third kappa shape index (κ3) is 1.94. The minimum absolute atomic E-state index is 0.146. The van der Waals surface area contributed by atoms with E-state index in [1.165, 1.54) is 6.07 Å². The fraction of sp³-hybridized carbons (Fsp3) is 0.111. The van der Waals surface area contributed by atoms with Crippen molar-refractivity contribution in [2.45, 2.75) is 4.87 Å². The Balaban J connectivity index is 1.86. The molecule has 5 rings (SSSR count). The van der Waals surface area contributed by atoms with E-state index >= 15 is 0 Å². The first-order chi connectivity index (χ1) is 12.5. The number of hydrogen-bond acceptors (Lipinski definition) is 5. The van der Waals surface area contributed by atoms with E-state index < -0.39 is 4.87 Å². The number of fused-ring (bicyclic) bond motifs is 1. The molecule has 1 aromatic carbocycles. The molecule has 0 amide bonds. The van der Waals surface area contributed by atoms with Crippen molar-refractivity contribution in [3.8, 4) is 0 Å². The predicted octanol–water partition coefficient (Wildman–Crippen LogP) is 3.09. The molecule has 2 aromatic rings. The van der Waals surface area contributed by atoms with E-state index in [1.54, 1.807) is 24.0 Å². The summed E-state index contributed by atoms with van der Waals surface area (Å²) in [5, 5.41) is 12.6. The topological polar surface area (TPSA) is 83.8 Å². The Morgan fingerprint density at radius 3 is 3.08 bits per heavy atom. The van der Waals surface area contributed by atoms with Crippen molar-refractivity contribution < 1.29 is 9.18 Å². The Bertz CT molecular complexity index is 1130. The van der Waals surface area contributed by atoms with Crippen LogP contribution in [0, 0.1) is 5.82 Å². The van der Waals surface area contributed by atoms with Crippen LogP contribution in [0.1, 0.15) is 5.56 Å². The number of hydrogen-bond donors (Lipinski definition) is 3. The fourth-order valence-electron chi connectivity index (χ4n) is 3.74. The average molecular weight is 431 g/mol. The number of allylic oxidation sites excluding steroid dienone is 2. The highest BCUT2D eigenvalue weighted by atomic mass is 79.9. The van der Waals surface area contributed by atoms with Crippen LogP contribution >= 0.6 is 27.7 Å². The Kier molecular flexibility index (Phi) is 3.34. The van der Waals surface area contributed by atoms with E-state index in [1.807, 2.05) is 17.6 Å². The normalized spacial score (nSPS) is 25.0. The lowest BCUT2D eigenvalue weighted by molar-refractivity contribution is -0.115. The van der Waals surface area contributed by atoms with Crippen molar-refractivity contribution in [3.05, 3.63) is 68.6 Å². The fourth-order valence-corrected chi connectivity index (χ4v) is 5.74. The van der Waals surface area contributed by atoms with Crippen LogP contribution < -0.4 is 11.1 Å². The molecule has 3 heterocycles. The molecule has 5 nitrogen and oxygen atoms in total. The maximum absolute atomic E-state index is 14.1. The van der Waals surface area contributed by atoms with Gasteiger partial charge in [-0.1, -0.05) is 22.0 Å². The molecule has 1 spiro atoms. The van der Waals surface area contributed by atoms with Gasteiger partial charge in [-0.3, -0.25) is 15.2 Å². The molecule has 0 saturated heterocycles. The van der Waals surface area contributed by atoms with Gasteiger partial charge in [0.25, 0.3) is 0 Å². The van der Waals surface area contributed by atoms with Crippen molar-refractivity contribution in [1.29, 1.82) is 0 Å². The number of carbonyl (C=O) groups excluding carboxylic acids is 1. The Morgan fingerprint density at radius 1 is 1.38 bits per heavy atom. The molecule has 1 unspecified atom stereocenters. The van der Waals surface area contributed by atoms with E-state index in [2.05, 4.69) is 31.4 Å². The molecular formula is C18H12BrFN4OS. The quantitative estimate of drug-likeness (QED) is 0.647. The molecular weight excluding hydrogens is 419 g/mol. The summed E-state index contributed by atoms with van der Waals surface area (Å²) in [6, 6.07) is 3.09. The number of nitrogens with two attached hydrogens (primary N) is 1. The highest BCUT2D eigenvalue weighted by Gasteiger charge is 2.49. The molecule has 26 heavy (non-hydrogen) atoms. The number of ketones is 1. The number of benzene rings is 1. The van der Waals surface area contributed by atoms with Gasteiger partial charge in [0.1, 0.15) is 16.2 Å². The van der Waals surface area contributed by atoms with Crippen molar-refractivity contribution in [2.75, 3.05) is 6.54 Å². The number of carbonyl (C=O) groups is 1. The Morgan fingerprint density at radius 2 is 2.23 bits per heavy atom. The zero-order valence-electron chi connectivity index (χ0n) is 13.3. The second kappa shape index (κ2) is 5.42. The minimum Gasteiger partial charge on any atom is -0.395 e. The van der Waals surface area contributed by atoms with Crippen LogP contribution in [0.25, 0.3) is 16.5 Å². The van der Waals surface area contributed by atoms with Crippen molar-refractivity contribution in [3.63, 3.8) is 0 Å². The summed E-state index contributed by atoms with van der Waals surface area (Å²) in [4.78, 5) is 11.7. The van der Waals surface area contributed by atoms with Gasteiger partial charge in [-0.05, 0) is 34.8 Å². The van der Waals surface area contributed by atoms with Gasteiger partial charge in [-0.2, -0.15) is 5.10 Å². The maximum Gasteiger partial charge on any atom is 0.192 e. The van der Waals surface area contributed by atoms with E-state index in [4.69, 9.17) is 5.73 Å². The van der Waals surface area contributed by atoms with Crippen molar-refractivity contribution in [1.82, 2.24) is 15.5 Å². The zero-order valence-corrected chi connectivity index (χ0v) is 15.7. The second-order valence-electron chi connectivity index (χ2n) is 6.24. The molecule has 130 valence electrons. The monoisotopic (exact) mass is 430 g/mol. The first kappa shape index (κ1) is 16.0. The molecule has 0 radical (unpaired) electrons. The summed E-state index contributed by atoms with van der Waals surface area (Å²) >= 11 is 5.22. The molecule has 1 atom stereocenters. The number of nitrogens with one attached hydrogen (secondary N) is 2. The molecule has 3 aliphatic rings. The van der Waals surface area contributed by atoms with E-state index in [0.717, 1.165) is 26.8 Å². The molecule has 1 aromatic heterocycles. The number of rotatable bonds is 1. The lowest BCUT2D eigenvalue weighted by atomic mass is 9.79. The number of Topliss-reactive ketones (excluding diaryl/α,β-unsaturated/α-hetero) is 1. The van der Waals surface area contributed by atoms with E-state index in [9.17, 15) is 9.18 Å². The number of H-pyrrole nitrogens is 1. The van der Waals surface area contributed by atoms with E-state index in [-0.39, 0.29) is 23.8 Å². The lowest BCUT2D eigenvalue weighted by Crippen LogP contribution is -2.53. The summed E-state index contributed by atoms with van der Waals surface area (Å²) in [6.45, 7) is 0.172. The van der Waals surface area contributed by atoms with Gasteiger partial charge in [-0.15, -0.1) is 11.8 Å². The third-order valence-corrected chi connectivity index (χ3v) is 6.78. The predicted molar refractivity (Wildman–Crippen MR) is 104 cm³/mol. The number of thioether (sulfide) groups is 1. The van der Waals surface area contributed by atoms with Crippen LogP contribution in [0.4, 0.5) is 4.39 Å². The Labute approximate surface area is 160 Å². The van der Waals surface area contributed by atoms with Crippen LogP contribution in [-0.2, 0) is 4.79 Å². The minimum atomic E-state index is -0.620. The largest absolute Gasteiger partial charge is 0.395 e. The SMILES string of the molecule is NC1=C2C(c3ccc(F)c4[nH]ncc34)=CC(Br)=C3C=CSC32NCC1=O. The van der Waals surface area contributed by atoms with Gasteiger partial charge >= 0.3 is 0 Å². The number of aromatic nitrogens is 2. The molecule has 2 aliphatic heterocycles. The van der Waals surface area contributed by atoms with Crippen LogP contribution in [0.2, 0.25) is 0 Å². The maximum atomic E-state index is 14.1. The van der Waals surface area contributed by atoms with Crippen LogP contribution in [0.3, 0.4) is 0 Å². The summed E-state index contributed by atoms with van der Waals surface area (Å²) in [5.74, 6) is -0.522. The molecule has 1 aliphatic carbocycles. The lowest BCUT2D eigenvalue weighted by Gasteiger charge is -2.41. The summed E-state index contributed by atoms with van der Waals surface area (Å²) in [5.41, 5.74) is 10.1. The number of aromatic amines is 1. The summed E-state index contributed by atoms with van der Waals surface area (Å²) in [6.07, 6.45) is 5.53. The standard InChI is InChI=1S/C18H12BrFN4OS/c19-12-5-9(8-1-2-13(20)17-10(8)6-23-24-17)15-16(21)14(25)7-22-18(15)11(12)3-4-26-18/h1-6,22H,7,21H2,(H,23,24). The molecule has 0 bridgehead atoms. The smallest absolute Gasteiger partial charge is 0.192 e.